The molecule has 1 aromatic heterocycles. The molecule has 0 radical (unpaired) electrons. The van der Waals surface area contributed by atoms with Gasteiger partial charge in [-0.2, -0.15) is 0 Å². The molecule has 1 heterocycles. The van der Waals surface area contributed by atoms with Crippen LogP contribution in [0.5, 0.6) is 11.5 Å². The summed E-state index contributed by atoms with van der Waals surface area (Å²) in [6, 6.07) is 4.31. The third-order valence-electron chi connectivity index (χ3n) is 2.54. The van der Waals surface area contributed by atoms with Crippen molar-refractivity contribution in [3.63, 3.8) is 0 Å². The van der Waals surface area contributed by atoms with Crippen LogP contribution in [-0.4, -0.2) is 18.4 Å². The molecule has 0 aliphatic carbocycles. The quantitative estimate of drug-likeness (QED) is 0.794. The second-order valence-corrected chi connectivity index (χ2v) is 4.38. The summed E-state index contributed by atoms with van der Waals surface area (Å²) in [4.78, 5) is 14.8. The maximum Gasteiger partial charge on any atom is 0.172 e. The molecule has 6 heteroatoms. The molecule has 2 rings (SSSR count). The first-order chi connectivity index (χ1) is 9.63. The Hall–Kier alpha value is -2.14. The molecule has 4 nitrogen and oxygen atoms in total. The number of benzene rings is 1. The SMILES string of the molecule is COc1cc(Cl)cc(C=O)c1OCc1cncc(F)c1. The number of carbonyl (C=O) groups is 1. The van der Waals surface area contributed by atoms with Crippen LogP contribution in [0.3, 0.4) is 0 Å². The Labute approximate surface area is 120 Å². The lowest BCUT2D eigenvalue weighted by Crippen LogP contribution is -2.01. The van der Waals surface area contributed by atoms with Gasteiger partial charge in [-0.3, -0.25) is 9.78 Å². The highest BCUT2D eigenvalue weighted by molar-refractivity contribution is 6.31. The molecule has 104 valence electrons. The molecule has 0 amide bonds. The highest BCUT2D eigenvalue weighted by Crippen LogP contribution is 2.34. The van der Waals surface area contributed by atoms with Crippen LogP contribution in [0, 0.1) is 5.82 Å². The van der Waals surface area contributed by atoms with E-state index in [2.05, 4.69) is 4.98 Å². The van der Waals surface area contributed by atoms with Crippen molar-refractivity contribution in [1.29, 1.82) is 0 Å². The van der Waals surface area contributed by atoms with E-state index in [1.807, 2.05) is 0 Å². The van der Waals surface area contributed by atoms with Crippen molar-refractivity contribution in [2.45, 2.75) is 6.61 Å². The molecule has 0 aliphatic heterocycles. The highest BCUT2D eigenvalue weighted by atomic mass is 35.5. The van der Waals surface area contributed by atoms with Crippen molar-refractivity contribution < 1.29 is 18.7 Å². The van der Waals surface area contributed by atoms with Gasteiger partial charge in [-0.05, 0) is 12.1 Å². The van der Waals surface area contributed by atoms with Gasteiger partial charge in [0.1, 0.15) is 12.4 Å². The van der Waals surface area contributed by atoms with Gasteiger partial charge < -0.3 is 9.47 Å². The van der Waals surface area contributed by atoms with Crippen LogP contribution in [0.15, 0.2) is 30.6 Å². The fraction of sp³-hybridized carbons (Fsp3) is 0.143. The van der Waals surface area contributed by atoms with Crippen LogP contribution >= 0.6 is 11.6 Å². The summed E-state index contributed by atoms with van der Waals surface area (Å²) in [6.07, 6.45) is 3.20. The topological polar surface area (TPSA) is 48.4 Å². The Bertz CT molecular complexity index is 634. The summed E-state index contributed by atoms with van der Waals surface area (Å²) in [7, 11) is 1.44. The van der Waals surface area contributed by atoms with E-state index in [1.165, 1.54) is 31.5 Å². The molecule has 0 spiro atoms. The van der Waals surface area contributed by atoms with Gasteiger partial charge >= 0.3 is 0 Å². The average molecular weight is 296 g/mol. The predicted octanol–water partition coefficient (Wildman–Crippen LogP) is 3.27. The third kappa shape index (κ3) is 3.24. The minimum Gasteiger partial charge on any atom is -0.493 e. The zero-order valence-electron chi connectivity index (χ0n) is 10.6. The van der Waals surface area contributed by atoms with E-state index in [4.69, 9.17) is 21.1 Å². The summed E-state index contributed by atoms with van der Waals surface area (Å²) < 4.78 is 23.7. The molecular weight excluding hydrogens is 285 g/mol. The molecule has 0 fully saturated rings. The normalized spacial score (nSPS) is 10.2. The monoisotopic (exact) mass is 295 g/mol. The van der Waals surface area contributed by atoms with Crippen LogP contribution in [0.2, 0.25) is 5.02 Å². The number of methoxy groups -OCH3 is 1. The number of hydrogen-bond acceptors (Lipinski definition) is 4. The summed E-state index contributed by atoms with van der Waals surface area (Å²) in [5, 5.41) is 0.365. The molecule has 0 aliphatic rings. The second-order valence-electron chi connectivity index (χ2n) is 3.94. The number of aromatic nitrogens is 1. The van der Waals surface area contributed by atoms with Gasteiger partial charge in [-0.15, -0.1) is 0 Å². The highest BCUT2D eigenvalue weighted by Gasteiger charge is 2.13. The zero-order chi connectivity index (χ0) is 14.5. The minimum atomic E-state index is -0.454. The first-order valence-electron chi connectivity index (χ1n) is 5.69. The lowest BCUT2D eigenvalue weighted by Gasteiger charge is -2.13. The Morgan fingerprint density at radius 3 is 2.80 bits per heavy atom. The number of aldehydes is 1. The minimum absolute atomic E-state index is 0.0591. The number of rotatable bonds is 5. The van der Waals surface area contributed by atoms with Crippen molar-refractivity contribution in [3.8, 4) is 11.5 Å². The summed E-state index contributed by atoms with van der Waals surface area (Å²) in [6.45, 7) is 0.0591. The standard InChI is InChI=1S/C14H11ClFNO3/c1-19-13-4-11(15)3-10(7-18)14(13)20-8-9-2-12(16)6-17-5-9/h2-7H,8H2,1H3. The van der Waals surface area contributed by atoms with Gasteiger partial charge in [0.05, 0.1) is 18.9 Å². The van der Waals surface area contributed by atoms with Crippen LogP contribution in [0.25, 0.3) is 0 Å². The fourth-order valence-electron chi connectivity index (χ4n) is 1.67. The molecule has 0 N–H and O–H groups in total. The van der Waals surface area contributed by atoms with Gasteiger partial charge in [0.2, 0.25) is 0 Å². The maximum absolute atomic E-state index is 13.0. The van der Waals surface area contributed by atoms with E-state index in [0.29, 0.717) is 22.6 Å². The van der Waals surface area contributed by atoms with Crippen LogP contribution in [0.1, 0.15) is 15.9 Å². The number of nitrogens with zero attached hydrogens (tertiary/aromatic N) is 1. The molecule has 20 heavy (non-hydrogen) atoms. The Kier molecular flexibility index (Phi) is 4.53. The molecule has 0 unspecified atom stereocenters. The number of ether oxygens (including phenoxy) is 2. The van der Waals surface area contributed by atoms with Crippen LogP contribution < -0.4 is 9.47 Å². The molecular formula is C14H11ClFNO3. The summed E-state index contributed by atoms with van der Waals surface area (Å²) >= 11 is 5.86. The van der Waals surface area contributed by atoms with Gasteiger partial charge in [0, 0.05) is 22.8 Å². The fourth-order valence-corrected chi connectivity index (χ4v) is 1.89. The van der Waals surface area contributed by atoms with E-state index in [0.717, 1.165) is 6.20 Å². The smallest absolute Gasteiger partial charge is 0.172 e. The van der Waals surface area contributed by atoms with Gasteiger partial charge in [-0.25, -0.2) is 4.39 Å². The van der Waals surface area contributed by atoms with Crippen molar-refractivity contribution in [2.75, 3.05) is 7.11 Å². The first-order valence-corrected chi connectivity index (χ1v) is 6.06. The first kappa shape index (κ1) is 14.3. The van der Waals surface area contributed by atoms with E-state index < -0.39 is 5.82 Å². The summed E-state index contributed by atoms with van der Waals surface area (Å²) in [5.74, 6) is 0.143. The average Bonchev–Trinajstić information content (AvgIpc) is 2.45. The van der Waals surface area contributed by atoms with E-state index in [1.54, 1.807) is 0 Å². The molecule has 2 aromatic rings. The van der Waals surface area contributed by atoms with Crippen molar-refractivity contribution in [3.05, 3.63) is 52.6 Å². The van der Waals surface area contributed by atoms with Crippen LogP contribution in [-0.2, 0) is 6.61 Å². The molecule has 0 atom stereocenters. The number of carbonyl (C=O) groups excluding carboxylic acids is 1. The Morgan fingerprint density at radius 1 is 1.35 bits per heavy atom. The van der Waals surface area contributed by atoms with E-state index >= 15 is 0 Å². The van der Waals surface area contributed by atoms with Gasteiger partial charge in [0.15, 0.2) is 17.8 Å². The third-order valence-corrected chi connectivity index (χ3v) is 2.76. The lowest BCUT2D eigenvalue weighted by atomic mass is 10.2. The molecule has 0 bridgehead atoms. The molecule has 0 saturated carbocycles. The number of hydrogen-bond donors (Lipinski definition) is 0. The Balaban J connectivity index is 2.26. The largest absolute Gasteiger partial charge is 0.493 e. The maximum atomic E-state index is 13.0. The van der Waals surface area contributed by atoms with Crippen molar-refractivity contribution in [2.24, 2.45) is 0 Å². The predicted molar refractivity (Wildman–Crippen MR) is 71.9 cm³/mol. The zero-order valence-corrected chi connectivity index (χ0v) is 11.4. The van der Waals surface area contributed by atoms with Crippen molar-refractivity contribution >= 4 is 17.9 Å². The second kappa shape index (κ2) is 6.34. The van der Waals surface area contributed by atoms with Crippen molar-refractivity contribution in [1.82, 2.24) is 4.98 Å². The molecule has 1 aromatic carbocycles. The molecule has 0 saturated heterocycles. The van der Waals surface area contributed by atoms with Crippen LogP contribution in [0.4, 0.5) is 4.39 Å². The van der Waals surface area contributed by atoms with E-state index in [-0.39, 0.29) is 17.9 Å². The van der Waals surface area contributed by atoms with E-state index in [9.17, 15) is 9.18 Å². The lowest BCUT2D eigenvalue weighted by molar-refractivity contribution is 0.111. The number of halogens is 2. The summed E-state index contributed by atoms with van der Waals surface area (Å²) in [5.41, 5.74) is 0.803. The van der Waals surface area contributed by atoms with Gasteiger partial charge in [0.25, 0.3) is 0 Å². The van der Waals surface area contributed by atoms with Gasteiger partial charge in [-0.1, -0.05) is 11.6 Å². The number of pyridine rings is 1. The Morgan fingerprint density at radius 2 is 2.15 bits per heavy atom.